The van der Waals surface area contributed by atoms with E-state index in [1.54, 1.807) is 17.9 Å². The third kappa shape index (κ3) is 4.04. The highest BCUT2D eigenvalue weighted by molar-refractivity contribution is 5.98. The zero-order chi connectivity index (χ0) is 18.5. The van der Waals surface area contributed by atoms with E-state index in [-0.39, 0.29) is 12.5 Å². The van der Waals surface area contributed by atoms with E-state index in [1.807, 2.05) is 49.4 Å². The summed E-state index contributed by atoms with van der Waals surface area (Å²) in [6.45, 7) is 3.92. The maximum Gasteiger partial charge on any atom is 0.344 e. The third-order valence-corrected chi connectivity index (χ3v) is 4.47. The van der Waals surface area contributed by atoms with E-state index in [4.69, 9.17) is 9.47 Å². The van der Waals surface area contributed by atoms with E-state index in [9.17, 15) is 9.59 Å². The molecular weight excluding hydrogens is 330 g/mol. The second-order valence-corrected chi connectivity index (χ2v) is 6.41. The zero-order valence-corrected chi connectivity index (χ0v) is 15.1. The second-order valence-electron chi connectivity index (χ2n) is 6.41. The first-order chi connectivity index (χ1) is 12.6. The summed E-state index contributed by atoms with van der Waals surface area (Å²) in [7, 11) is 0. The number of esters is 1. The minimum atomic E-state index is -0.853. The quantitative estimate of drug-likeness (QED) is 0.774. The van der Waals surface area contributed by atoms with E-state index >= 15 is 0 Å². The van der Waals surface area contributed by atoms with Crippen molar-refractivity contribution < 1.29 is 19.1 Å². The average molecular weight is 353 g/mol. The van der Waals surface area contributed by atoms with E-state index in [0.717, 1.165) is 29.7 Å². The number of hydrogen-bond donors (Lipinski definition) is 0. The van der Waals surface area contributed by atoms with Crippen molar-refractivity contribution in [3.05, 3.63) is 59.7 Å². The highest BCUT2D eigenvalue weighted by atomic mass is 16.6. The lowest BCUT2D eigenvalue weighted by Crippen LogP contribution is -2.43. The summed E-state index contributed by atoms with van der Waals surface area (Å²) in [5.41, 5.74) is 2.99. The summed E-state index contributed by atoms with van der Waals surface area (Å²) in [5.74, 6) is -0.130. The summed E-state index contributed by atoms with van der Waals surface area (Å²) >= 11 is 0. The highest BCUT2D eigenvalue weighted by Gasteiger charge is 2.28. The van der Waals surface area contributed by atoms with Crippen LogP contribution in [0.15, 0.2) is 48.5 Å². The lowest BCUT2D eigenvalue weighted by Gasteiger charge is -2.31. The van der Waals surface area contributed by atoms with Crippen molar-refractivity contribution in [2.75, 3.05) is 18.1 Å². The van der Waals surface area contributed by atoms with Crippen LogP contribution in [-0.2, 0) is 20.7 Å². The topological polar surface area (TPSA) is 55.8 Å². The molecule has 3 rings (SSSR count). The molecule has 0 saturated heterocycles. The predicted molar refractivity (Wildman–Crippen MR) is 99.3 cm³/mol. The lowest BCUT2D eigenvalue weighted by molar-refractivity contribution is -0.155. The molecule has 1 aliphatic rings. The van der Waals surface area contributed by atoms with Crippen LogP contribution >= 0.6 is 0 Å². The van der Waals surface area contributed by atoms with Gasteiger partial charge >= 0.3 is 5.97 Å². The number of aryl methyl sites for hydroxylation is 2. The number of nitrogens with zero attached hydrogens (tertiary/aromatic N) is 1. The predicted octanol–water partition coefficient (Wildman–Crippen LogP) is 3.28. The van der Waals surface area contributed by atoms with Crippen molar-refractivity contribution in [1.29, 1.82) is 0 Å². The highest BCUT2D eigenvalue weighted by Crippen LogP contribution is 2.27. The Morgan fingerprint density at radius 3 is 2.65 bits per heavy atom. The van der Waals surface area contributed by atoms with Gasteiger partial charge in [0.05, 0.1) is 0 Å². The van der Waals surface area contributed by atoms with Gasteiger partial charge in [0, 0.05) is 12.2 Å². The minimum Gasteiger partial charge on any atom is -0.482 e. The summed E-state index contributed by atoms with van der Waals surface area (Å²) in [6, 6.07) is 15.3. The Bertz CT molecular complexity index is 802. The minimum absolute atomic E-state index is 0.207. The van der Waals surface area contributed by atoms with Crippen LogP contribution in [0.25, 0.3) is 0 Å². The van der Waals surface area contributed by atoms with Gasteiger partial charge in [0.2, 0.25) is 0 Å². The molecule has 0 aromatic heterocycles. The maximum atomic E-state index is 12.7. The third-order valence-electron chi connectivity index (χ3n) is 4.47. The van der Waals surface area contributed by atoms with Crippen molar-refractivity contribution in [3.63, 3.8) is 0 Å². The van der Waals surface area contributed by atoms with Gasteiger partial charge in [0.25, 0.3) is 5.91 Å². The largest absolute Gasteiger partial charge is 0.482 e. The number of anilines is 1. The molecule has 0 spiro atoms. The summed E-state index contributed by atoms with van der Waals surface area (Å²) in [4.78, 5) is 26.5. The van der Waals surface area contributed by atoms with Crippen LogP contribution in [0, 0.1) is 6.92 Å². The molecule has 5 nitrogen and oxygen atoms in total. The fourth-order valence-electron chi connectivity index (χ4n) is 3.12. The van der Waals surface area contributed by atoms with Crippen LogP contribution in [0.4, 0.5) is 5.69 Å². The number of ether oxygens (including phenoxy) is 2. The first kappa shape index (κ1) is 18.0. The molecule has 2 aromatic rings. The Hall–Kier alpha value is -2.82. The van der Waals surface area contributed by atoms with E-state index in [0.29, 0.717) is 12.3 Å². The fraction of sp³-hybridized carbons (Fsp3) is 0.333. The molecule has 5 heteroatoms. The van der Waals surface area contributed by atoms with Gasteiger partial charge in [0.15, 0.2) is 12.7 Å². The number of rotatable bonds is 5. The van der Waals surface area contributed by atoms with E-state index < -0.39 is 12.1 Å². The summed E-state index contributed by atoms with van der Waals surface area (Å²) in [5, 5.41) is 0. The molecule has 136 valence electrons. The summed E-state index contributed by atoms with van der Waals surface area (Å²) in [6.07, 6.45) is 1.01. The van der Waals surface area contributed by atoms with Crippen LogP contribution in [0.5, 0.6) is 5.75 Å². The number of amides is 1. The SMILES string of the molecule is Cc1ccccc1OCC(=O)O[C@@H](C)C(=O)N1CCCc2ccccc21. The van der Waals surface area contributed by atoms with Gasteiger partial charge in [0.1, 0.15) is 5.75 Å². The lowest BCUT2D eigenvalue weighted by atomic mass is 10.0. The Balaban J connectivity index is 1.58. The van der Waals surface area contributed by atoms with Crippen molar-refractivity contribution in [3.8, 4) is 5.75 Å². The molecule has 2 aromatic carbocycles. The van der Waals surface area contributed by atoms with Crippen molar-refractivity contribution in [2.24, 2.45) is 0 Å². The average Bonchev–Trinajstić information content (AvgIpc) is 2.66. The van der Waals surface area contributed by atoms with Gasteiger partial charge < -0.3 is 14.4 Å². The van der Waals surface area contributed by atoms with Crippen LogP contribution < -0.4 is 9.64 Å². The second kappa shape index (κ2) is 8.04. The Labute approximate surface area is 153 Å². The van der Waals surface area contributed by atoms with Gasteiger partial charge in [-0.2, -0.15) is 0 Å². The standard InChI is InChI=1S/C21H23NO4/c1-15-8-3-6-12-19(15)25-14-20(23)26-16(2)21(24)22-13-7-10-17-9-4-5-11-18(17)22/h3-6,8-9,11-12,16H,7,10,13-14H2,1-2H3/t16-/m0/s1. The van der Waals surface area contributed by atoms with Gasteiger partial charge in [-0.1, -0.05) is 36.4 Å². The number of carbonyl (C=O) groups is 2. The molecule has 1 aliphatic heterocycles. The van der Waals surface area contributed by atoms with Crippen molar-refractivity contribution in [1.82, 2.24) is 0 Å². The van der Waals surface area contributed by atoms with Crippen LogP contribution in [0.2, 0.25) is 0 Å². The molecular formula is C21H23NO4. The van der Waals surface area contributed by atoms with Crippen molar-refractivity contribution >= 4 is 17.6 Å². The number of benzene rings is 2. The van der Waals surface area contributed by atoms with Crippen molar-refractivity contribution in [2.45, 2.75) is 32.8 Å². The van der Waals surface area contributed by atoms with Gasteiger partial charge in [-0.15, -0.1) is 0 Å². The fourth-order valence-corrected chi connectivity index (χ4v) is 3.12. The number of fused-ring (bicyclic) bond motifs is 1. The van der Waals surface area contributed by atoms with E-state index in [2.05, 4.69) is 0 Å². The van der Waals surface area contributed by atoms with Crippen LogP contribution in [0.3, 0.4) is 0 Å². The molecule has 0 fully saturated rings. The molecule has 0 bridgehead atoms. The summed E-state index contributed by atoms with van der Waals surface area (Å²) < 4.78 is 10.8. The number of hydrogen-bond acceptors (Lipinski definition) is 4. The monoisotopic (exact) mass is 353 g/mol. The molecule has 0 saturated carbocycles. The van der Waals surface area contributed by atoms with Crippen LogP contribution in [-0.4, -0.2) is 31.1 Å². The van der Waals surface area contributed by atoms with Gasteiger partial charge in [-0.05, 0) is 49.9 Å². The molecule has 0 aliphatic carbocycles. The Kier molecular flexibility index (Phi) is 5.56. The molecule has 1 heterocycles. The maximum absolute atomic E-state index is 12.7. The molecule has 26 heavy (non-hydrogen) atoms. The molecule has 0 N–H and O–H groups in total. The van der Waals surface area contributed by atoms with Gasteiger partial charge in [-0.3, -0.25) is 4.79 Å². The zero-order valence-electron chi connectivity index (χ0n) is 15.1. The smallest absolute Gasteiger partial charge is 0.344 e. The molecule has 1 amide bonds. The normalized spacial score (nSPS) is 14.3. The van der Waals surface area contributed by atoms with E-state index in [1.165, 1.54) is 0 Å². The van der Waals surface area contributed by atoms with Gasteiger partial charge in [-0.25, -0.2) is 4.79 Å². The Morgan fingerprint density at radius 1 is 1.12 bits per heavy atom. The van der Waals surface area contributed by atoms with Crippen LogP contribution in [0.1, 0.15) is 24.5 Å². The first-order valence-electron chi connectivity index (χ1n) is 8.83. The molecule has 0 unspecified atom stereocenters. The first-order valence-corrected chi connectivity index (χ1v) is 8.83. The molecule has 0 radical (unpaired) electrons. The molecule has 1 atom stereocenters. The number of para-hydroxylation sites is 2. The Morgan fingerprint density at radius 2 is 1.85 bits per heavy atom. The number of carbonyl (C=O) groups excluding carboxylic acids is 2.